The average molecular weight is 321 g/mol. The molecule has 0 aliphatic heterocycles. The van der Waals surface area contributed by atoms with Gasteiger partial charge in [0.05, 0.1) is 5.56 Å². The van der Waals surface area contributed by atoms with Gasteiger partial charge in [-0.15, -0.1) is 0 Å². The van der Waals surface area contributed by atoms with E-state index < -0.39 is 0 Å². The second kappa shape index (κ2) is 6.18. The highest BCUT2D eigenvalue weighted by Gasteiger charge is 2.14. The standard InChI is InChI=1S/C22H15N3/c1-15-10-11-20-19(12-13-24-22(20)25-15)18-9-5-8-17(21(18)14-23)16-6-3-2-4-7-16/h2-13H,1H3. The summed E-state index contributed by atoms with van der Waals surface area (Å²) < 4.78 is 0. The van der Waals surface area contributed by atoms with Crippen molar-refractivity contribution in [2.24, 2.45) is 0 Å². The molecule has 2 heterocycles. The van der Waals surface area contributed by atoms with Gasteiger partial charge in [-0.2, -0.15) is 5.26 Å². The predicted octanol–water partition coefficient (Wildman–Crippen LogP) is 5.14. The molecule has 4 aromatic rings. The smallest absolute Gasteiger partial charge is 0.159 e. The third kappa shape index (κ3) is 2.64. The summed E-state index contributed by atoms with van der Waals surface area (Å²) in [4.78, 5) is 8.87. The van der Waals surface area contributed by atoms with Gasteiger partial charge in [-0.25, -0.2) is 9.97 Å². The number of benzene rings is 2. The topological polar surface area (TPSA) is 49.6 Å². The van der Waals surface area contributed by atoms with Crippen molar-refractivity contribution in [2.45, 2.75) is 6.92 Å². The number of nitriles is 1. The molecule has 3 heteroatoms. The van der Waals surface area contributed by atoms with E-state index in [1.54, 1.807) is 6.20 Å². The molecule has 0 bridgehead atoms. The van der Waals surface area contributed by atoms with Gasteiger partial charge in [0.15, 0.2) is 5.65 Å². The van der Waals surface area contributed by atoms with Crippen LogP contribution in [0.3, 0.4) is 0 Å². The molecule has 0 aliphatic carbocycles. The van der Waals surface area contributed by atoms with Gasteiger partial charge in [-0.3, -0.25) is 0 Å². The Kier molecular flexibility index (Phi) is 3.72. The van der Waals surface area contributed by atoms with Gasteiger partial charge in [0.25, 0.3) is 0 Å². The van der Waals surface area contributed by atoms with Crippen molar-refractivity contribution >= 4 is 11.0 Å². The second-order valence-corrected chi connectivity index (χ2v) is 5.89. The van der Waals surface area contributed by atoms with E-state index >= 15 is 0 Å². The number of rotatable bonds is 2. The number of nitrogens with zero attached hydrogens (tertiary/aromatic N) is 3. The highest BCUT2D eigenvalue weighted by molar-refractivity contribution is 5.96. The van der Waals surface area contributed by atoms with E-state index in [0.717, 1.165) is 33.3 Å². The Labute approximate surface area is 146 Å². The lowest BCUT2D eigenvalue weighted by Crippen LogP contribution is -1.93. The fraction of sp³-hybridized carbons (Fsp3) is 0.0455. The van der Waals surface area contributed by atoms with Crippen LogP contribution in [0.25, 0.3) is 33.3 Å². The molecule has 3 nitrogen and oxygen atoms in total. The van der Waals surface area contributed by atoms with Crippen LogP contribution in [0.5, 0.6) is 0 Å². The summed E-state index contributed by atoms with van der Waals surface area (Å²) in [5.41, 5.74) is 6.15. The van der Waals surface area contributed by atoms with E-state index in [4.69, 9.17) is 0 Å². The van der Waals surface area contributed by atoms with Crippen LogP contribution in [-0.2, 0) is 0 Å². The zero-order valence-electron chi connectivity index (χ0n) is 13.8. The predicted molar refractivity (Wildman–Crippen MR) is 99.9 cm³/mol. The van der Waals surface area contributed by atoms with Crippen molar-refractivity contribution < 1.29 is 0 Å². The molecule has 0 spiro atoms. The van der Waals surface area contributed by atoms with Crippen LogP contribution < -0.4 is 0 Å². The molecule has 118 valence electrons. The molecular formula is C22H15N3. The highest BCUT2D eigenvalue weighted by atomic mass is 14.8. The zero-order chi connectivity index (χ0) is 17.2. The van der Waals surface area contributed by atoms with Crippen LogP contribution in [0.4, 0.5) is 0 Å². The maximum absolute atomic E-state index is 9.86. The lowest BCUT2D eigenvalue weighted by Gasteiger charge is -2.12. The van der Waals surface area contributed by atoms with Gasteiger partial charge in [0, 0.05) is 28.4 Å². The first-order valence-electron chi connectivity index (χ1n) is 8.09. The fourth-order valence-electron chi connectivity index (χ4n) is 3.11. The minimum absolute atomic E-state index is 0.668. The summed E-state index contributed by atoms with van der Waals surface area (Å²) >= 11 is 0. The van der Waals surface area contributed by atoms with Crippen molar-refractivity contribution in [1.29, 1.82) is 5.26 Å². The molecule has 2 aromatic heterocycles. The second-order valence-electron chi connectivity index (χ2n) is 5.89. The van der Waals surface area contributed by atoms with Gasteiger partial charge in [0.1, 0.15) is 6.07 Å². The van der Waals surface area contributed by atoms with Crippen molar-refractivity contribution in [2.75, 3.05) is 0 Å². The molecule has 0 N–H and O–H groups in total. The average Bonchev–Trinajstić information content (AvgIpc) is 2.67. The molecule has 0 atom stereocenters. The van der Waals surface area contributed by atoms with Crippen molar-refractivity contribution in [3.63, 3.8) is 0 Å². The fourth-order valence-corrected chi connectivity index (χ4v) is 3.11. The Bertz CT molecular complexity index is 1110. The SMILES string of the molecule is Cc1ccc2c(-c3cccc(-c4ccccc4)c3C#N)ccnc2n1. The van der Waals surface area contributed by atoms with E-state index in [9.17, 15) is 5.26 Å². The number of aromatic nitrogens is 2. The van der Waals surface area contributed by atoms with Crippen LogP contribution >= 0.6 is 0 Å². The maximum Gasteiger partial charge on any atom is 0.159 e. The van der Waals surface area contributed by atoms with Gasteiger partial charge in [-0.05, 0) is 36.2 Å². The molecule has 2 aromatic carbocycles. The minimum Gasteiger partial charge on any atom is -0.237 e. The summed E-state index contributed by atoms with van der Waals surface area (Å²) in [6.07, 6.45) is 1.75. The molecule has 0 radical (unpaired) electrons. The highest BCUT2D eigenvalue weighted by Crippen LogP contribution is 2.34. The Hall–Kier alpha value is -3.51. The Balaban J connectivity index is 2.01. The van der Waals surface area contributed by atoms with Crippen LogP contribution in [0.15, 0.2) is 72.9 Å². The monoisotopic (exact) mass is 321 g/mol. The van der Waals surface area contributed by atoms with Gasteiger partial charge >= 0.3 is 0 Å². The molecule has 25 heavy (non-hydrogen) atoms. The first kappa shape index (κ1) is 15.0. The van der Waals surface area contributed by atoms with Crippen molar-refractivity contribution in [1.82, 2.24) is 9.97 Å². The van der Waals surface area contributed by atoms with Crippen LogP contribution in [0, 0.1) is 18.3 Å². The third-order valence-electron chi connectivity index (χ3n) is 4.29. The molecular weight excluding hydrogens is 306 g/mol. The van der Waals surface area contributed by atoms with Gasteiger partial charge in [-0.1, -0.05) is 48.5 Å². The molecule has 0 aliphatic rings. The first-order chi connectivity index (χ1) is 12.3. The normalized spacial score (nSPS) is 10.6. The zero-order valence-corrected chi connectivity index (χ0v) is 13.8. The van der Waals surface area contributed by atoms with E-state index in [-0.39, 0.29) is 0 Å². The Morgan fingerprint density at radius 1 is 0.800 bits per heavy atom. The molecule has 0 unspecified atom stereocenters. The number of hydrogen-bond acceptors (Lipinski definition) is 3. The number of aryl methyl sites for hydroxylation is 1. The maximum atomic E-state index is 9.86. The lowest BCUT2D eigenvalue weighted by molar-refractivity contribution is 1.20. The van der Waals surface area contributed by atoms with Crippen LogP contribution in [0.2, 0.25) is 0 Å². The largest absolute Gasteiger partial charge is 0.237 e. The van der Waals surface area contributed by atoms with E-state index in [1.165, 1.54) is 0 Å². The lowest BCUT2D eigenvalue weighted by atomic mass is 9.91. The Morgan fingerprint density at radius 3 is 2.40 bits per heavy atom. The molecule has 0 amide bonds. The van der Waals surface area contributed by atoms with Crippen molar-refractivity contribution in [3.8, 4) is 28.3 Å². The molecule has 0 fully saturated rings. The molecule has 4 rings (SSSR count). The minimum atomic E-state index is 0.668. The third-order valence-corrected chi connectivity index (χ3v) is 4.29. The number of pyridine rings is 2. The van der Waals surface area contributed by atoms with Gasteiger partial charge in [0.2, 0.25) is 0 Å². The van der Waals surface area contributed by atoms with Crippen molar-refractivity contribution in [3.05, 3.63) is 84.2 Å². The summed E-state index contributed by atoms with van der Waals surface area (Å²) in [6.45, 7) is 1.95. The molecule has 0 saturated carbocycles. The number of fused-ring (bicyclic) bond motifs is 1. The van der Waals surface area contributed by atoms with Crippen LogP contribution in [0.1, 0.15) is 11.3 Å². The van der Waals surface area contributed by atoms with E-state index in [2.05, 4.69) is 16.0 Å². The summed E-state index contributed by atoms with van der Waals surface area (Å²) in [5.74, 6) is 0. The first-order valence-corrected chi connectivity index (χ1v) is 8.09. The van der Waals surface area contributed by atoms with Gasteiger partial charge < -0.3 is 0 Å². The quantitative estimate of drug-likeness (QED) is 0.513. The van der Waals surface area contributed by atoms with E-state index in [0.29, 0.717) is 11.2 Å². The summed E-state index contributed by atoms with van der Waals surface area (Å²) in [7, 11) is 0. The number of hydrogen-bond donors (Lipinski definition) is 0. The summed E-state index contributed by atoms with van der Waals surface area (Å²) in [6, 6.07) is 24.3. The van der Waals surface area contributed by atoms with Crippen LogP contribution in [-0.4, -0.2) is 9.97 Å². The van der Waals surface area contributed by atoms with E-state index in [1.807, 2.05) is 73.7 Å². The summed E-state index contributed by atoms with van der Waals surface area (Å²) in [5, 5.41) is 10.8. The Morgan fingerprint density at radius 2 is 1.60 bits per heavy atom. The molecule has 0 saturated heterocycles.